The number of amides is 1. The van der Waals surface area contributed by atoms with Crippen LogP contribution in [-0.4, -0.2) is 57.6 Å². The molecule has 0 bridgehead atoms. The summed E-state index contributed by atoms with van der Waals surface area (Å²) in [6.07, 6.45) is 7.31. The number of fused-ring (bicyclic) bond motifs is 1. The molecule has 1 heterocycles. The van der Waals surface area contributed by atoms with Crippen LogP contribution in [0.15, 0.2) is 47.4 Å². The largest absolute Gasteiger partial charge is 0.495 e. The molecular formula is C25H30N2O6S. The van der Waals surface area contributed by atoms with Gasteiger partial charge in [0.2, 0.25) is 22.7 Å². The molecule has 34 heavy (non-hydrogen) atoms. The van der Waals surface area contributed by atoms with Crippen molar-refractivity contribution in [2.45, 2.75) is 43.2 Å². The first-order valence-electron chi connectivity index (χ1n) is 11.3. The highest BCUT2D eigenvalue weighted by Gasteiger charge is 2.27. The lowest BCUT2D eigenvalue weighted by Crippen LogP contribution is -2.37. The number of methoxy groups -OCH3 is 1. The second-order valence-electron chi connectivity index (χ2n) is 8.62. The van der Waals surface area contributed by atoms with E-state index in [1.807, 2.05) is 23.1 Å². The fourth-order valence-corrected chi connectivity index (χ4v) is 5.38. The number of carbonyl (C=O) groups excluding carboxylic acids is 1. The molecule has 1 aliphatic heterocycles. The van der Waals surface area contributed by atoms with Gasteiger partial charge in [-0.25, -0.2) is 12.7 Å². The maximum absolute atomic E-state index is 13.3. The molecule has 0 spiro atoms. The van der Waals surface area contributed by atoms with E-state index in [1.54, 1.807) is 18.2 Å². The first kappa shape index (κ1) is 24.1. The zero-order chi connectivity index (χ0) is 24.3. The van der Waals surface area contributed by atoms with Crippen LogP contribution in [0.1, 0.15) is 36.8 Å². The van der Waals surface area contributed by atoms with E-state index in [0.29, 0.717) is 23.6 Å². The Hall–Kier alpha value is -3.04. The van der Waals surface area contributed by atoms with Crippen LogP contribution in [0.3, 0.4) is 0 Å². The Morgan fingerprint density at radius 3 is 2.53 bits per heavy atom. The third-order valence-electron chi connectivity index (χ3n) is 6.20. The fourth-order valence-electron chi connectivity index (χ4n) is 4.30. The maximum Gasteiger partial charge on any atom is 0.247 e. The van der Waals surface area contributed by atoms with Gasteiger partial charge in [-0.05, 0) is 54.3 Å². The van der Waals surface area contributed by atoms with Crippen molar-refractivity contribution in [3.63, 3.8) is 0 Å². The highest BCUT2D eigenvalue weighted by Crippen LogP contribution is 2.34. The predicted octanol–water partition coefficient (Wildman–Crippen LogP) is 3.66. The number of benzene rings is 2. The van der Waals surface area contributed by atoms with Gasteiger partial charge in [-0.2, -0.15) is 0 Å². The van der Waals surface area contributed by atoms with Gasteiger partial charge in [-0.3, -0.25) is 4.79 Å². The number of ether oxygens (including phenoxy) is 3. The van der Waals surface area contributed by atoms with E-state index in [2.05, 4.69) is 0 Å². The molecule has 182 valence electrons. The number of hydrogen-bond acceptors (Lipinski definition) is 6. The minimum Gasteiger partial charge on any atom is -0.495 e. The van der Waals surface area contributed by atoms with Crippen LogP contribution in [-0.2, 0) is 21.4 Å². The number of nitrogens with zero attached hydrogens (tertiary/aromatic N) is 2. The molecule has 1 fully saturated rings. The van der Waals surface area contributed by atoms with Crippen molar-refractivity contribution in [2.75, 3.05) is 28.0 Å². The molecule has 0 aromatic heterocycles. The van der Waals surface area contributed by atoms with Gasteiger partial charge in [-0.1, -0.05) is 25.0 Å². The average molecular weight is 487 g/mol. The molecule has 0 N–H and O–H groups in total. The summed E-state index contributed by atoms with van der Waals surface area (Å²) in [5, 5.41) is 0. The van der Waals surface area contributed by atoms with Crippen LogP contribution < -0.4 is 14.2 Å². The van der Waals surface area contributed by atoms with Crippen molar-refractivity contribution in [2.24, 2.45) is 0 Å². The van der Waals surface area contributed by atoms with Gasteiger partial charge in [0.25, 0.3) is 0 Å². The van der Waals surface area contributed by atoms with E-state index in [1.165, 1.54) is 33.3 Å². The molecule has 1 aliphatic carbocycles. The van der Waals surface area contributed by atoms with E-state index in [-0.39, 0.29) is 29.4 Å². The maximum atomic E-state index is 13.3. The van der Waals surface area contributed by atoms with Crippen molar-refractivity contribution >= 4 is 22.0 Å². The Balaban J connectivity index is 1.57. The average Bonchev–Trinajstić information content (AvgIpc) is 3.52. The molecule has 0 atom stereocenters. The van der Waals surface area contributed by atoms with Gasteiger partial charge >= 0.3 is 0 Å². The molecule has 2 aromatic rings. The number of rotatable bonds is 8. The van der Waals surface area contributed by atoms with E-state index in [0.717, 1.165) is 35.6 Å². The second-order valence-corrected chi connectivity index (χ2v) is 10.7. The van der Waals surface area contributed by atoms with Crippen molar-refractivity contribution in [1.82, 2.24) is 9.21 Å². The Morgan fingerprint density at radius 1 is 1.09 bits per heavy atom. The standard InChI is InChI=1S/C25H30N2O6S/c1-26(2)34(29,30)24-15-18(8-12-22(24)31-3)10-13-25(28)27(20-6-4-5-7-20)16-19-9-11-21-23(14-19)33-17-32-21/h8-15,20H,4-7,16-17H2,1-3H3. The Kier molecular flexibility index (Phi) is 7.13. The zero-order valence-corrected chi connectivity index (χ0v) is 20.5. The summed E-state index contributed by atoms with van der Waals surface area (Å²) in [5.41, 5.74) is 1.57. The smallest absolute Gasteiger partial charge is 0.247 e. The lowest BCUT2D eigenvalue weighted by molar-refractivity contribution is -0.128. The van der Waals surface area contributed by atoms with E-state index in [4.69, 9.17) is 14.2 Å². The summed E-state index contributed by atoms with van der Waals surface area (Å²) in [5.74, 6) is 1.55. The lowest BCUT2D eigenvalue weighted by Gasteiger charge is -2.28. The molecule has 2 aliphatic rings. The van der Waals surface area contributed by atoms with Crippen LogP contribution in [0, 0.1) is 0 Å². The molecule has 1 saturated carbocycles. The fraction of sp³-hybridized carbons (Fsp3) is 0.400. The van der Waals surface area contributed by atoms with Crippen molar-refractivity contribution in [3.8, 4) is 17.2 Å². The number of sulfonamides is 1. The van der Waals surface area contributed by atoms with E-state index >= 15 is 0 Å². The van der Waals surface area contributed by atoms with Crippen LogP contribution in [0.25, 0.3) is 6.08 Å². The molecule has 1 amide bonds. The molecule has 0 unspecified atom stereocenters. The van der Waals surface area contributed by atoms with Gasteiger partial charge in [0.1, 0.15) is 10.6 Å². The first-order valence-corrected chi connectivity index (χ1v) is 12.7. The minimum absolute atomic E-state index is 0.0580. The highest BCUT2D eigenvalue weighted by atomic mass is 32.2. The van der Waals surface area contributed by atoms with Crippen molar-refractivity contribution < 1.29 is 27.4 Å². The van der Waals surface area contributed by atoms with Gasteiger partial charge in [0.05, 0.1) is 7.11 Å². The first-order chi connectivity index (χ1) is 16.3. The third-order valence-corrected chi connectivity index (χ3v) is 8.04. The topological polar surface area (TPSA) is 85.4 Å². The number of hydrogen-bond donors (Lipinski definition) is 0. The van der Waals surface area contributed by atoms with Crippen LogP contribution in [0.4, 0.5) is 0 Å². The van der Waals surface area contributed by atoms with E-state index < -0.39 is 10.0 Å². The summed E-state index contributed by atoms with van der Waals surface area (Å²) in [6, 6.07) is 10.8. The van der Waals surface area contributed by atoms with Gasteiger partial charge < -0.3 is 19.1 Å². The van der Waals surface area contributed by atoms with Crippen LogP contribution in [0.5, 0.6) is 17.2 Å². The summed E-state index contributed by atoms with van der Waals surface area (Å²) in [7, 11) is 0.668. The van der Waals surface area contributed by atoms with E-state index in [9.17, 15) is 13.2 Å². The minimum atomic E-state index is -3.70. The van der Waals surface area contributed by atoms with Crippen LogP contribution in [0.2, 0.25) is 0 Å². The zero-order valence-electron chi connectivity index (χ0n) is 19.7. The highest BCUT2D eigenvalue weighted by molar-refractivity contribution is 7.89. The molecule has 9 heteroatoms. The Labute approximate surface area is 200 Å². The van der Waals surface area contributed by atoms with Gasteiger partial charge in [0, 0.05) is 32.8 Å². The normalized spacial score (nSPS) is 15.9. The monoisotopic (exact) mass is 486 g/mol. The third kappa shape index (κ3) is 5.05. The summed E-state index contributed by atoms with van der Waals surface area (Å²) >= 11 is 0. The lowest BCUT2D eigenvalue weighted by atomic mass is 10.1. The summed E-state index contributed by atoms with van der Waals surface area (Å²) < 4.78 is 42.6. The SMILES string of the molecule is COc1ccc(C=CC(=O)N(Cc2ccc3c(c2)OCO3)C2CCCC2)cc1S(=O)(=O)N(C)C. The molecule has 2 aromatic carbocycles. The Bertz CT molecular complexity index is 1190. The molecule has 4 rings (SSSR count). The summed E-state index contributed by atoms with van der Waals surface area (Å²) in [6.45, 7) is 0.674. The molecule has 8 nitrogen and oxygen atoms in total. The predicted molar refractivity (Wildman–Crippen MR) is 128 cm³/mol. The quantitative estimate of drug-likeness (QED) is 0.530. The van der Waals surface area contributed by atoms with Gasteiger partial charge in [0.15, 0.2) is 11.5 Å². The summed E-state index contributed by atoms with van der Waals surface area (Å²) in [4.78, 5) is 15.2. The second kappa shape index (κ2) is 10.1. The van der Waals surface area contributed by atoms with Crippen molar-refractivity contribution in [3.05, 3.63) is 53.6 Å². The Morgan fingerprint density at radius 2 is 1.82 bits per heavy atom. The number of carbonyl (C=O) groups is 1. The van der Waals surface area contributed by atoms with Crippen molar-refractivity contribution in [1.29, 1.82) is 0 Å². The van der Waals surface area contributed by atoms with Gasteiger partial charge in [-0.15, -0.1) is 0 Å². The molecule has 0 saturated heterocycles. The molecular weight excluding hydrogens is 456 g/mol. The van der Waals surface area contributed by atoms with Crippen LogP contribution >= 0.6 is 0 Å². The molecule has 0 radical (unpaired) electrons.